The number of aryl methyl sites for hydroxylation is 1. The van der Waals surface area contributed by atoms with E-state index in [4.69, 9.17) is 5.11 Å². The summed E-state index contributed by atoms with van der Waals surface area (Å²) < 4.78 is 39.4. The first-order valence-corrected chi connectivity index (χ1v) is 11.2. The van der Waals surface area contributed by atoms with Crippen molar-refractivity contribution in [3.8, 4) is 0 Å². The Morgan fingerprint density at radius 3 is 2.27 bits per heavy atom. The molecule has 1 aliphatic carbocycles. The highest BCUT2D eigenvalue weighted by atomic mass is 19.4. The van der Waals surface area contributed by atoms with Crippen molar-refractivity contribution in [2.75, 3.05) is 0 Å². The van der Waals surface area contributed by atoms with Crippen LogP contribution in [0.3, 0.4) is 0 Å². The van der Waals surface area contributed by atoms with Crippen molar-refractivity contribution in [2.24, 2.45) is 0 Å². The molecule has 176 valence electrons. The summed E-state index contributed by atoms with van der Waals surface area (Å²) in [5.41, 5.74) is 4.21. The molecule has 0 radical (unpaired) electrons. The number of aliphatic carboxylic acids is 1. The van der Waals surface area contributed by atoms with E-state index in [1.807, 2.05) is 6.08 Å². The number of fused-ring (bicyclic) bond motifs is 1. The minimum absolute atomic E-state index is 0.101. The van der Waals surface area contributed by atoms with Crippen molar-refractivity contribution in [2.45, 2.75) is 70.4 Å². The number of carboxylic acid groups (broad SMARTS) is 1. The molecule has 0 aliphatic heterocycles. The van der Waals surface area contributed by atoms with Crippen molar-refractivity contribution in [3.63, 3.8) is 0 Å². The maximum Gasteiger partial charge on any atom is 0.416 e. The summed E-state index contributed by atoms with van der Waals surface area (Å²) in [7, 11) is 0. The number of halogens is 3. The van der Waals surface area contributed by atoms with Crippen LogP contribution in [0, 0.1) is 0 Å². The first kappa shape index (κ1) is 24.8. The van der Waals surface area contributed by atoms with Gasteiger partial charge in [-0.3, -0.25) is 0 Å². The Labute approximate surface area is 193 Å². The minimum Gasteiger partial charge on any atom is -0.478 e. The molecule has 2 aromatic rings. The monoisotopic (exact) mass is 456 g/mol. The van der Waals surface area contributed by atoms with Gasteiger partial charge in [-0.15, -0.1) is 0 Å². The number of hydrogen-bond donors (Lipinski definition) is 1. The summed E-state index contributed by atoms with van der Waals surface area (Å²) in [6, 6.07) is 11.6. The summed E-state index contributed by atoms with van der Waals surface area (Å²) in [5, 5.41) is 9.01. The highest BCUT2D eigenvalue weighted by Crippen LogP contribution is 2.46. The predicted molar refractivity (Wildman–Crippen MR) is 126 cm³/mol. The zero-order valence-corrected chi connectivity index (χ0v) is 19.6. The summed E-state index contributed by atoms with van der Waals surface area (Å²) in [6.07, 6.45) is 3.23. The van der Waals surface area contributed by atoms with Gasteiger partial charge >= 0.3 is 12.1 Å². The average Bonchev–Trinajstić information content (AvgIpc) is 2.73. The average molecular weight is 457 g/mol. The number of benzene rings is 2. The van der Waals surface area contributed by atoms with Gasteiger partial charge in [0.25, 0.3) is 0 Å². The molecule has 0 amide bonds. The van der Waals surface area contributed by atoms with E-state index < -0.39 is 17.7 Å². The smallest absolute Gasteiger partial charge is 0.416 e. The number of rotatable bonds is 6. The van der Waals surface area contributed by atoms with Crippen LogP contribution in [-0.4, -0.2) is 11.1 Å². The summed E-state index contributed by atoms with van der Waals surface area (Å²) in [4.78, 5) is 11.0. The Kier molecular flexibility index (Phi) is 6.92. The fourth-order valence-electron chi connectivity index (χ4n) is 4.50. The van der Waals surface area contributed by atoms with Gasteiger partial charge in [-0.1, -0.05) is 64.1 Å². The molecular formula is C28H31F3O2. The molecule has 3 rings (SSSR count). The van der Waals surface area contributed by atoms with E-state index in [9.17, 15) is 18.0 Å². The number of alkyl halides is 3. The molecule has 1 aliphatic rings. The molecule has 0 fully saturated rings. The van der Waals surface area contributed by atoms with Crippen molar-refractivity contribution in [1.29, 1.82) is 0 Å². The summed E-state index contributed by atoms with van der Waals surface area (Å²) in [6.45, 7) is 9.10. The van der Waals surface area contributed by atoms with Gasteiger partial charge < -0.3 is 5.11 Å². The molecule has 0 saturated heterocycles. The van der Waals surface area contributed by atoms with Crippen LogP contribution >= 0.6 is 0 Å². The normalized spacial score (nSPS) is 17.7. The molecule has 2 aromatic carbocycles. The van der Waals surface area contributed by atoms with Crippen LogP contribution in [0.1, 0.15) is 74.8 Å². The van der Waals surface area contributed by atoms with E-state index in [1.165, 1.54) is 28.8 Å². The SMILES string of the molecule is CC1(C)CCC(C)(C)c2cc(CC/C=C(/C=C/C(=O)O)c3cccc(C(F)(F)F)c3)ccc21. The van der Waals surface area contributed by atoms with E-state index in [-0.39, 0.29) is 10.8 Å². The first-order chi connectivity index (χ1) is 15.3. The van der Waals surface area contributed by atoms with Gasteiger partial charge in [0.05, 0.1) is 5.56 Å². The zero-order chi connectivity index (χ0) is 24.4. The fraction of sp³-hybridized carbons (Fsp3) is 0.393. The number of allylic oxidation sites excluding steroid dienone is 3. The van der Waals surface area contributed by atoms with Crippen molar-refractivity contribution in [1.82, 2.24) is 0 Å². The van der Waals surface area contributed by atoms with Gasteiger partial charge in [0.1, 0.15) is 0 Å². The van der Waals surface area contributed by atoms with Crippen molar-refractivity contribution < 1.29 is 23.1 Å². The highest BCUT2D eigenvalue weighted by Gasteiger charge is 2.36. The maximum absolute atomic E-state index is 13.1. The predicted octanol–water partition coefficient (Wildman–Crippen LogP) is 7.71. The Morgan fingerprint density at radius 2 is 1.64 bits per heavy atom. The third-order valence-electron chi connectivity index (χ3n) is 6.64. The van der Waals surface area contributed by atoms with Crippen LogP contribution in [0.15, 0.2) is 60.7 Å². The topological polar surface area (TPSA) is 37.3 Å². The van der Waals surface area contributed by atoms with E-state index in [0.29, 0.717) is 24.0 Å². The second-order valence-corrected chi connectivity index (χ2v) is 10.1. The van der Waals surface area contributed by atoms with Gasteiger partial charge in [-0.2, -0.15) is 13.2 Å². The molecule has 0 saturated carbocycles. The molecule has 0 atom stereocenters. The van der Waals surface area contributed by atoms with Crippen LogP contribution in [0.2, 0.25) is 0 Å². The third-order valence-corrected chi connectivity index (χ3v) is 6.64. The molecule has 0 spiro atoms. The third kappa shape index (κ3) is 5.95. The molecule has 0 aromatic heterocycles. The lowest BCUT2D eigenvalue weighted by Crippen LogP contribution is -2.33. The lowest BCUT2D eigenvalue weighted by Gasteiger charge is -2.42. The van der Waals surface area contributed by atoms with E-state index in [2.05, 4.69) is 45.9 Å². The number of carbonyl (C=O) groups is 1. The fourth-order valence-corrected chi connectivity index (χ4v) is 4.50. The second kappa shape index (κ2) is 9.20. The minimum atomic E-state index is -4.46. The lowest BCUT2D eigenvalue weighted by atomic mass is 9.63. The Balaban J connectivity index is 1.87. The Bertz CT molecular complexity index is 1090. The molecule has 1 N–H and O–H groups in total. The highest BCUT2D eigenvalue weighted by molar-refractivity contribution is 5.85. The van der Waals surface area contributed by atoms with Crippen molar-refractivity contribution >= 4 is 11.5 Å². The van der Waals surface area contributed by atoms with Crippen LogP contribution in [0.4, 0.5) is 13.2 Å². The Hall–Kier alpha value is -2.82. The molecule has 33 heavy (non-hydrogen) atoms. The molecule has 0 bridgehead atoms. The summed E-state index contributed by atoms with van der Waals surface area (Å²) in [5.74, 6) is -1.15. The maximum atomic E-state index is 13.1. The molecular weight excluding hydrogens is 425 g/mol. The molecule has 0 heterocycles. The second-order valence-electron chi connectivity index (χ2n) is 10.1. The van der Waals surface area contributed by atoms with Crippen LogP contribution in [-0.2, 0) is 28.2 Å². The molecule has 0 unspecified atom stereocenters. The van der Waals surface area contributed by atoms with E-state index in [1.54, 1.807) is 6.07 Å². The lowest BCUT2D eigenvalue weighted by molar-refractivity contribution is -0.137. The quantitative estimate of drug-likeness (QED) is 0.357. The number of carboxylic acids is 1. The summed E-state index contributed by atoms with van der Waals surface area (Å²) >= 11 is 0. The molecule has 5 heteroatoms. The van der Waals surface area contributed by atoms with E-state index >= 15 is 0 Å². The standard InChI is InChI=1S/C28H31F3O2/c1-26(2)15-16-27(3,4)24-17-19(11-13-23(24)26)7-5-8-20(12-14-25(32)33)21-9-6-10-22(18-21)28(29,30)31/h6,8-14,17-18H,5,7,15-16H2,1-4H3,(H,32,33)/b14-12+,20-8-. The zero-order valence-electron chi connectivity index (χ0n) is 19.6. The largest absolute Gasteiger partial charge is 0.478 e. The van der Waals surface area contributed by atoms with Crippen LogP contribution in [0.25, 0.3) is 5.57 Å². The first-order valence-electron chi connectivity index (χ1n) is 11.2. The van der Waals surface area contributed by atoms with Gasteiger partial charge in [0, 0.05) is 6.08 Å². The number of hydrogen-bond acceptors (Lipinski definition) is 1. The van der Waals surface area contributed by atoms with Crippen LogP contribution in [0.5, 0.6) is 0 Å². The van der Waals surface area contributed by atoms with Gasteiger partial charge in [-0.25, -0.2) is 4.79 Å². The van der Waals surface area contributed by atoms with Gasteiger partial charge in [0.15, 0.2) is 0 Å². The van der Waals surface area contributed by atoms with Crippen LogP contribution < -0.4 is 0 Å². The van der Waals surface area contributed by atoms with E-state index in [0.717, 1.165) is 31.1 Å². The Morgan fingerprint density at radius 1 is 0.970 bits per heavy atom. The van der Waals surface area contributed by atoms with Gasteiger partial charge in [-0.05, 0) is 82.5 Å². The van der Waals surface area contributed by atoms with Crippen molar-refractivity contribution in [3.05, 3.63) is 88.5 Å². The van der Waals surface area contributed by atoms with Gasteiger partial charge in [0.2, 0.25) is 0 Å². The molecule has 2 nitrogen and oxygen atoms in total.